The van der Waals surface area contributed by atoms with Gasteiger partial charge in [-0.05, 0) is 55.5 Å². The number of amides is 1. The molecule has 0 aliphatic carbocycles. The fraction of sp³-hybridized carbons (Fsp3) is 0.130. The van der Waals surface area contributed by atoms with Crippen LogP contribution in [0.3, 0.4) is 0 Å². The van der Waals surface area contributed by atoms with E-state index in [1.54, 1.807) is 13.0 Å². The van der Waals surface area contributed by atoms with E-state index in [4.69, 9.17) is 16.3 Å². The number of nitrogens with one attached hydrogen (secondary N) is 1. The van der Waals surface area contributed by atoms with Crippen LogP contribution in [0.2, 0.25) is 5.02 Å². The Labute approximate surface area is 207 Å². The number of rotatable bonds is 9. The van der Waals surface area contributed by atoms with Gasteiger partial charge in [0.1, 0.15) is 12.3 Å². The fourth-order valence-electron chi connectivity index (χ4n) is 3.02. The number of halogens is 1. The van der Waals surface area contributed by atoms with E-state index in [0.29, 0.717) is 22.0 Å². The van der Waals surface area contributed by atoms with Crippen LogP contribution >= 0.6 is 11.6 Å². The largest absolute Gasteiger partial charge is 0.497 e. The van der Waals surface area contributed by atoms with Crippen molar-refractivity contribution in [1.29, 1.82) is 0 Å². The number of ether oxygens (including phenoxy) is 1. The lowest BCUT2D eigenvalue weighted by molar-refractivity contribution is -0.384. The molecule has 0 unspecified atom stereocenters. The van der Waals surface area contributed by atoms with Gasteiger partial charge in [0.15, 0.2) is 0 Å². The fourth-order valence-corrected chi connectivity index (χ4v) is 4.57. The number of benzene rings is 3. The first-order valence-electron chi connectivity index (χ1n) is 10.1. The minimum absolute atomic E-state index is 0.0441. The topological polar surface area (TPSA) is 131 Å². The number of hydrazone groups is 1. The van der Waals surface area contributed by atoms with E-state index in [9.17, 15) is 23.3 Å². The van der Waals surface area contributed by atoms with E-state index in [1.165, 1.54) is 73.8 Å². The molecule has 3 aromatic carbocycles. The molecular formula is C23H21ClN4O6S. The molecule has 182 valence electrons. The van der Waals surface area contributed by atoms with Crippen LogP contribution in [-0.2, 0) is 14.8 Å². The van der Waals surface area contributed by atoms with Gasteiger partial charge in [0, 0.05) is 22.7 Å². The Hall–Kier alpha value is -3.96. The average Bonchev–Trinajstić information content (AvgIpc) is 2.86. The lowest BCUT2D eigenvalue weighted by atomic mass is 10.1. The Balaban J connectivity index is 1.86. The highest BCUT2D eigenvalue weighted by atomic mass is 35.5. The van der Waals surface area contributed by atoms with Crippen molar-refractivity contribution in [3.8, 4) is 5.75 Å². The second-order valence-corrected chi connectivity index (χ2v) is 9.50. The number of carbonyl (C=O) groups excluding carboxylic acids is 1. The number of non-ortho nitro benzene ring substituents is 1. The third-order valence-electron chi connectivity index (χ3n) is 4.87. The summed E-state index contributed by atoms with van der Waals surface area (Å²) in [5, 5.41) is 15.4. The second kappa shape index (κ2) is 11.0. The van der Waals surface area contributed by atoms with Crippen molar-refractivity contribution in [3.05, 3.63) is 93.5 Å². The Morgan fingerprint density at radius 3 is 2.37 bits per heavy atom. The van der Waals surface area contributed by atoms with Crippen molar-refractivity contribution in [2.45, 2.75) is 11.8 Å². The number of anilines is 1. The summed E-state index contributed by atoms with van der Waals surface area (Å²) >= 11 is 5.94. The highest BCUT2D eigenvalue weighted by Crippen LogP contribution is 2.26. The lowest BCUT2D eigenvalue weighted by Gasteiger charge is -2.24. The van der Waals surface area contributed by atoms with Gasteiger partial charge in [0.2, 0.25) is 0 Å². The molecule has 0 saturated carbocycles. The number of nitro groups is 1. The third-order valence-corrected chi connectivity index (χ3v) is 6.91. The molecule has 0 radical (unpaired) electrons. The van der Waals surface area contributed by atoms with E-state index in [-0.39, 0.29) is 16.3 Å². The van der Waals surface area contributed by atoms with Crippen LogP contribution in [0.1, 0.15) is 12.5 Å². The summed E-state index contributed by atoms with van der Waals surface area (Å²) in [6, 6.07) is 17.5. The van der Waals surface area contributed by atoms with Crippen molar-refractivity contribution < 1.29 is 22.9 Å². The summed E-state index contributed by atoms with van der Waals surface area (Å²) in [6.07, 6.45) is 0. The Morgan fingerprint density at radius 1 is 1.11 bits per heavy atom. The predicted octanol–water partition coefficient (Wildman–Crippen LogP) is 3.99. The molecule has 0 aromatic heterocycles. The molecule has 0 aliphatic rings. The van der Waals surface area contributed by atoms with E-state index >= 15 is 0 Å². The van der Waals surface area contributed by atoms with Crippen LogP contribution in [-0.4, -0.2) is 38.6 Å². The van der Waals surface area contributed by atoms with E-state index in [1.807, 2.05) is 0 Å². The summed E-state index contributed by atoms with van der Waals surface area (Å²) in [5.74, 6) is -0.243. The Kier molecular flexibility index (Phi) is 8.05. The van der Waals surface area contributed by atoms with Crippen molar-refractivity contribution in [3.63, 3.8) is 0 Å². The van der Waals surface area contributed by atoms with Gasteiger partial charge in [0.05, 0.1) is 28.3 Å². The van der Waals surface area contributed by atoms with Crippen molar-refractivity contribution in [2.75, 3.05) is 18.0 Å². The first-order valence-corrected chi connectivity index (χ1v) is 11.9. The molecule has 0 heterocycles. The van der Waals surface area contributed by atoms with E-state index in [0.717, 1.165) is 4.31 Å². The van der Waals surface area contributed by atoms with Gasteiger partial charge in [-0.25, -0.2) is 13.8 Å². The Bertz CT molecular complexity index is 1360. The van der Waals surface area contributed by atoms with Crippen LogP contribution in [0.4, 0.5) is 11.4 Å². The number of carbonyl (C=O) groups is 1. The Morgan fingerprint density at radius 2 is 1.77 bits per heavy atom. The number of sulfonamides is 1. The highest BCUT2D eigenvalue weighted by molar-refractivity contribution is 7.92. The average molecular weight is 517 g/mol. The van der Waals surface area contributed by atoms with Crippen molar-refractivity contribution in [2.24, 2.45) is 5.10 Å². The molecule has 0 saturated heterocycles. The summed E-state index contributed by atoms with van der Waals surface area (Å²) in [7, 11) is -2.68. The number of nitrogens with zero attached hydrogens (tertiary/aromatic N) is 3. The first-order chi connectivity index (χ1) is 16.6. The molecule has 0 aliphatic heterocycles. The number of nitro benzene ring substituents is 1. The summed E-state index contributed by atoms with van der Waals surface area (Å²) in [4.78, 5) is 23.1. The highest BCUT2D eigenvalue weighted by Gasteiger charge is 2.27. The molecule has 0 fully saturated rings. The minimum atomic E-state index is -4.14. The third kappa shape index (κ3) is 6.34. The normalized spacial score (nSPS) is 11.6. The smallest absolute Gasteiger partial charge is 0.270 e. The maximum absolute atomic E-state index is 13.4. The minimum Gasteiger partial charge on any atom is -0.497 e. The van der Waals surface area contributed by atoms with Gasteiger partial charge in [0.25, 0.3) is 21.6 Å². The molecule has 0 atom stereocenters. The molecule has 35 heavy (non-hydrogen) atoms. The van der Waals surface area contributed by atoms with Crippen LogP contribution in [0, 0.1) is 10.1 Å². The first kappa shape index (κ1) is 25.7. The molecule has 0 bridgehead atoms. The van der Waals surface area contributed by atoms with Gasteiger partial charge in [-0.2, -0.15) is 5.10 Å². The molecule has 3 aromatic rings. The zero-order chi connectivity index (χ0) is 25.6. The lowest BCUT2D eigenvalue weighted by Crippen LogP contribution is -2.39. The zero-order valence-electron chi connectivity index (χ0n) is 18.7. The standard InChI is InChI=1S/C23H21ClN4O6S/c1-16(17-4-3-5-20(14-17)28(30)31)25-26-23(29)15-27(19-8-6-18(24)7-9-19)35(32,33)22-12-10-21(34-2)11-13-22/h3-14H,15H2,1-2H3,(H,26,29)/b25-16-. The summed E-state index contributed by atoms with van der Waals surface area (Å²) in [5.41, 5.74) is 3.14. The maximum Gasteiger partial charge on any atom is 0.270 e. The molecule has 12 heteroatoms. The molecule has 10 nitrogen and oxygen atoms in total. The molecule has 1 amide bonds. The van der Waals surface area contributed by atoms with Gasteiger partial charge in [-0.1, -0.05) is 23.7 Å². The molecule has 0 spiro atoms. The number of hydrogen-bond donors (Lipinski definition) is 1. The van der Waals surface area contributed by atoms with Crippen molar-refractivity contribution >= 4 is 44.6 Å². The van der Waals surface area contributed by atoms with Crippen LogP contribution < -0.4 is 14.5 Å². The summed E-state index contributed by atoms with van der Waals surface area (Å²) < 4.78 is 32.8. The predicted molar refractivity (Wildman–Crippen MR) is 132 cm³/mol. The maximum atomic E-state index is 13.4. The zero-order valence-corrected chi connectivity index (χ0v) is 20.3. The SMILES string of the molecule is COc1ccc(S(=O)(=O)N(CC(=O)N/N=C(/C)c2cccc([N+](=O)[O-])c2)c2ccc(Cl)cc2)cc1. The van der Waals surface area contributed by atoms with Crippen LogP contribution in [0.15, 0.2) is 82.8 Å². The monoisotopic (exact) mass is 516 g/mol. The van der Waals surface area contributed by atoms with Gasteiger partial charge in [-0.15, -0.1) is 0 Å². The quantitative estimate of drug-likeness (QED) is 0.260. The van der Waals surface area contributed by atoms with Crippen LogP contribution in [0.25, 0.3) is 0 Å². The van der Waals surface area contributed by atoms with Crippen molar-refractivity contribution in [1.82, 2.24) is 5.43 Å². The number of hydrogen-bond acceptors (Lipinski definition) is 7. The van der Waals surface area contributed by atoms with E-state index in [2.05, 4.69) is 10.5 Å². The van der Waals surface area contributed by atoms with Crippen LogP contribution in [0.5, 0.6) is 5.75 Å². The van der Waals surface area contributed by atoms with E-state index < -0.39 is 27.4 Å². The molecular weight excluding hydrogens is 496 g/mol. The second-order valence-electron chi connectivity index (χ2n) is 7.20. The summed E-state index contributed by atoms with van der Waals surface area (Å²) in [6.45, 7) is 0.978. The van der Waals surface area contributed by atoms with Gasteiger partial charge >= 0.3 is 0 Å². The molecule has 3 rings (SSSR count). The van der Waals surface area contributed by atoms with Gasteiger partial charge < -0.3 is 4.74 Å². The molecule has 1 N–H and O–H groups in total. The number of methoxy groups -OCH3 is 1. The van der Waals surface area contributed by atoms with Gasteiger partial charge in [-0.3, -0.25) is 19.2 Å².